The van der Waals surface area contributed by atoms with E-state index < -0.39 is 5.90 Å². The minimum Gasteiger partial charge on any atom is -0.859 e. The van der Waals surface area contributed by atoms with Gasteiger partial charge in [0.1, 0.15) is 0 Å². The zero-order chi connectivity index (χ0) is 6.41. The van der Waals surface area contributed by atoms with Crippen molar-refractivity contribution in [3.05, 3.63) is 12.3 Å². The van der Waals surface area contributed by atoms with Crippen LogP contribution >= 0.6 is 0 Å². The summed E-state index contributed by atoms with van der Waals surface area (Å²) in [5, 5.41) is 19.0. The SMILES string of the molecule is CCN/C=C\C(=N)[O-]. The van der Waals surface area contributed by atoms with Gasteiger partial charge in [-0.2, -0.15) is 0 Å². The molecule has 3 heteroatoms. The molecule has 3 nitrogen and oxygen atoms in total. The van der Waals surface area contributed by atoms with Crippen LogP contribution in [0.25, 0.3) is 0 Å². The smallest absolute Gasteiger partial charge is 0.0113 e. The first-order chi connectivity index (χ1) is 3.77. The standard InChI is InChI=1S/C5H10N2O/c1-2-7-4-3-5(6)8/h3-4,7H,2H2,1H3,(H2,6,8)/p-1/b4-3-. The van der Waals surface area contributed by atoms with E-state index in [1.54, 1.807) is 0 Å². The lowest BCUT2D eigenvalue weighted by Crippen LogP contribution is -2.13. The highest BCUT2D eigenvalue weighted by Crippen LogP contribution is 1.62. The molecule has 0 aromatic carbocycles. The summed E-state index contributed by atoms with van der Waals surface area (Å²) in [4.78, 5) is 0. The summed E-state index contributed by atoms with van der Waals surface area (Å²) in [6.07, 6.45) is 2.64. The third-order valence-corrected chi connectivity index (χ3v) is 0.557. The molecule has 0 spiro atoms. The maximum atomic E-state index is 9.86. The van der Waals surface area contributed by atoms with Crippen LogP contribution in [0.2, 0.25) is 0 Å². The molecule has 0 saturated heterocycles. The molecule has 0 saturated carbocycles. The third kappa shape index (κ3) is 5.01. The summed E-state index contributed by atoms with van der Waals surface area (Å²) in [5.74, 6) is -0.675. The number of hydrogen-bond donors (Lipinski definition) is 2. The summed E-state index contributed by atoms with van der Waals surface area (Å²) < 4.78 is 0. The maximum Gasteiger partial charge on any atom is 0.0113 e. The van der Waals surface area contributed by atoms with E-state index in [0.29, 0.717) is 0 Å². The van der Waals surface area contributed by atoms with Crippen LogP contribution in [0.1, 0.15) is 6.92 Å². The van der Waals surface area contributed by atoms with Gasteiger partial charge in [0.15, 0.2) is 0 Å². The molecule has 0 amide bonds. The van der Waals surface area contributed by atoms with Crippen LogP contribution in [-0.2, 0) is 0 Å². The lowest BCUT2D eigenvalue weighted by molar-refractivity contribution is -0.213. The predicted octanol–water partition coefficient (Wildman–Crippen LogP) is -0.553. The van der Waals surface area contributed by atoms with Crippen LogP contribution in [0.3, 0.4) is 0 Å². The first kappa shape index (κ1) is 7.01. The quantitative estimate of drug-likeness (QED) is 0.381. The van der Waals surface area contributed by atoms with Crippen molar-refractivity contribution in [1.82, 2.24) is 5.32 Å². The Morgan fingerprint density at radius 2 is 2.50 bits per heavy atom. The fourth-order valence-corrected chi connectivity index (χ4v) is 0.252. The molecule has 0 heterocycles. The Bertz CT molecular complexity index is 98.6. The molecule has 0 radical (unpaired) electrons. The average molecular weight is 113 g/mol. The number of rotatable bonds is 3. The zero-order valence-corrected chi connectivity index (χ0v) is 4.77. The highest BCUT2D eigenvalue weighted by atomic mass is 16.3. The molecular formula is C5H9N2O-. The van der Waals surface area contributed by atoms with Crippen LogP contribution < -0.4 is 10.4 Å². The topological polar surface area (TPSA) is 58.9 Å². The molecule has 0 bridgehead atoms. The van der Waals surface area contributed by atoms with Gasteiger partial charge in [0.05, 0.1) is 0 Å². The summed E-state index contributed by atoms with van der Waals surface area (Å²) in [7, 11) is 0. The molecular weight excluding hydrogens is 104 g/mol. The van der Waals surface area contributed by atoms with Gasteiger partial charge in [-0.25, -0.2) is 0 Å². The van der Waals surface area contributed by atoms with Crippen molar-refractivity contribution in [2.75, 3.05) is 6.54 Å². The Balaban J connectivity index is 3.20. The Morgan fingerprint density at radius 3 is 2.88 bits per heavy atom. The fraction of sp³-hybridized carbons (Fsp3) is 0.400. The second kappa shape index (κ2) is 4.18. The van der Waals surface area contributed by atoms with Gasteiger partial charge in [-0.15, -0.1) is 0 Å². The Kier molecular flexibility index (Phi) is 3.66. The highest BCUT2D eigenvalue weighted by Gasteiger charge is 1.65. The highest BCUT2D eigenvalue weighted by molar-refractivity contribution is 5.80. The molecule has 2 N–H and O–H groups in total. The number of nitrogens with one attached hydrogen (secondary N) is 2. The van der Waals surface area contributed by atoms with E-state index in [1.807, 2.05) is 6.92 Å². The summed E-state index contributed by atoms with van der Waals surface area (Å²) >= 11 is 0. The molecule has 0 atom stereocenters. The van der Waals surface area contributed by atoms with E-state index >= 15 is 0 Å². The molecule has 0 rings (SSSR count). The Hall–Kier alpha value is -0.990. The van der Waals surface area contributed by atoms with E-state index in [9.17, 15) is 5.11 Å². The normalized spacial score (nSPS) is 9.62. The molecule has 46 valence electrons. The summed E-state index contributed by atoms with van der Waals surface area (Å²) in [6.45, 7) is 2.70. The molecule has 0 aromatic heterocycles. The lowest BCUT2D eigenvalue weighted by atomic mass is 10.6. The molecule has 0 aliphatic heterocycles. The molecule has 8 heavy (non-hydrogen) atoms. The molecule has 0 aromatic rings. The van der Waals surface area contributed by atoms with Gasteiger partial charge in [0.2, 0.25) is 0 Å². The van der Waals surface area contributed by atoms with Crippen molar-refractivity contribution in [2.45, 2.75) is 6.92 Å². The Morgan fingerprint density at radius 1 is 1.88 bits per heavy atom. The first-order valence-electron chi connectivity index (χ1n) is 2.43. The lowest BCUT2D eigenvalue weighted by Gasteiger charge is -1.97. The van der Waals surface area contributed by atoms with Crippen LogP contribution in [-0.4, -0.2) is 12.4 Å². The maximum absolute atomic E-state index is 9.86. The second-order valence-electron chi connectivity index (χ2n) is 1.26. The summed E-state index contributed by atoms with van der Waals surface area (Å²) in [6, 6.07) is 0. The minimum atomic E-state index is -0.675. The van der Waals surface area contributed by atoms with Crippen molar-refractivity contribution in [3.63, 3.8) is 0 Å². The van der Waals surface area contributed by atoms with Crippen LogP contribution in [0.5, 0.6) is 0 Å². The van der Waals surface area contributed by atoms with Crippen LogP contribution in [0.15, 0.2) is 12.3 Å². The van der Waals surface area contributed by atoms with Gasteiger partial charge in [-0.3, -0.25) is 0 Å². The van der Waals surface area contributed by atoms with Gasteiger partial charge < -0.3 is 15.8 Å². The summed E-state index contributed by atoms with van der Waals surface area (Å²) in [5.41, 5.74) is 0. The Labute approximate surface area is 48.5 Å². The zero-order valence-electron chi connectivity index (χ0n) is 4.77. The van der Waals surface area contributed by atoms with Crippen molar-refractivity contribution in [2.24, 2.45) is 0 Å². The van der Waals surface area contributed by atoms with Crippen molar-refractivity contribution >= 4 is 5.90 Å². The van der Waals surface area contributed by atoms with Gasteiger partial charge >= 0.3 is 0 Å². The van der Waals surface area contributed by atoms with Gasteiger partial charge in [-0.1, -0.05) is 0 Å². The van der Waals surface area contributed by atoms with E-state index in [2.05, 4.69) is 5.32 Å². The largest absolute Gasteiger partial charge is 0.859 e. The third-order valence-electron chi connectivity index (χ3n) is 0.557. The molecule has 0 aliphatic carbocycles. The van der Waals surface area contributed by atoms with Crippen molar-refractivity contribution in [3.8, 4) is 0 Å². The minimum absolute atomic E-state index is 0.675. The first-order valence-corrected chi connectivity index (χ1v) is 2.43. The molecule has 0 fully saturated rings. The van der Waals surface area contributed by atoms with E-state index in [-0.39, 0.29) is 0 Å². The van der Waals surface area contributed by atoms with Crippen LogP contribution in [0.4, 0.5) is 0 Å². The van der Waals surface area contributed by atoms with E-state index in [0.717, 1.165) is 6.54 Å². The monoisotopic (exact) mass is 113 g/mol. The average Bonchev–Trinajstić information content (AvgIpc) is 1.66. The van der Waals surface area contributed by atoms with Crippen LogP contribution in [0, 0.1) is 5.41 Å². The van der Waals surface area contributed by atoms with Gasteiger partial charge in [0.25, 0.3) is 0 Å². The molecule has 0 aliphatic rings. The van der Waals surface area contributed by atoms with Gasteiger partial charge in [0, 0.05) is 6.54 Å². The van der Waals surface area contributed by atoms with Gasteiger partial charge in [-0.05, 0) is 25.1 Å². The van der Waals surface area contributed by atoms with E-state index in [1.165, 1.54) is 12.3 Å². The van der Waals surface area contributed by atoms with Crippen molar-refractivity contribution in [1.29, 1.82) is 5.41 Å². The van der Waals surface area contributed by atoms with E-state index in [4.69, 9.17) is 5.41 Å². The predicted molar refractivity (Wildman–Crippen MR) is 30.5 cm³/mol. The number of hydrogen-bond acceptors (Lipinski definition) is 3. The fourth-order valence-electron chi connectivity index (χ4n) is 0.252. The van der Waals surface area contributed by atoms with Crippen molar-refractivity contribution < 1.29 is 5.11 Å². The molecule has 0 unspecified atom stereocenters. The second-order valence-corrected chi connectivity index (χ2v) is 1.26.